The van der Waals surface area contributed by atoms with Gasteiger partial charge in [0, 0.05) is 0 Å². The van der Waals surface area contributed by atoms with Crippen molar-refractivity contribution in [2.75, 3.05) is 5.75 Å². The van der Waals surface area contributed by atoms with Crippen molar-refractivity contribution in [3.63, 3.8) is 0 Å². The molecule has 3 rings (SSSR count). The van der Waals surface area contributed by atoms with E-state index in [-0.39, 0.29) is 6.54 Å². The molecule has 0 atom stereocenters. The molecular formula is C19H15Cl2F3N4OS. The van der Waals surface area contributed by atoms with Crippen LogP contribution in [0.4, 0.5) is 13.2 Å². The zero-order valence-corrected chi connectivity index (χ0v) is 17.8. The second kappa shape index (κ2) is 9.28. The first-order valence-electron chi connectivity index (χ1n) is 8.69. The van der Waals surface area contributed by atoms with Gasteiger partial charge in [-0.1, -0.05) is 54.0 Å². The molecule has 1 N–H and O–H groups in total. The summed E-state index contributed by atoms with van der Waals surface area (Å²) in [5.41, 5.74) is -0.852. The van der Waals surface area contributed by atoms with Crippen LogP contribution in [-0.2, 0) is 12.7 Å². The molecule has 0 saturated heterocycles. The molecule has 5 nitrogen and oxygen atoms in total. The number of nitrogens with one attached hydrogen (secondary N) is 1. The van der Waals surface area contributed by atoms with Crippen LogP contribution in [0.1, 0.15) is 28.7 Å². The SMILES string of the molecule is CCSc1nnc(CNC(=O)c2ccccc2C(F)(F)F)n1-c1ccc(Cl)c(Cl)c1. The Balaban J connectivity index is 1.89. The number of carbonyl (C=O) groups is 1. The standard InChI is InChI=1S/C19H15Cl2F3N4OS/c1-2-30-18-27-26-16(28(18)11-7-8-14(20)15(21)9-11)10-25-17(29)12-5-3-4-6-13(12)19(22,23)24/h3-9H,2,10H2,1H3,(H,25,29). The molecule has 0 bridgehead atoms. The predicted octanol–water partition coefficient (Wildman–Crippen LogP) is 5.63. The minimum absolute atomic E-state index is 0.136. The summed E-state index contributed by atoms with van der Waals surface area (Å²) in [5.74, 6) is 0.184. The van der Waals surface area contributed by atoms with E-state index in [1.807, 2.05) is 6.92 Å². The molecule has 1 heterocycles. The van der Waals surface area contributed by atoms with Gasteiger partial charge in [-0.2, -0.15) is 13.2 Å². The molecule has 0 aliphatic rings. The Hall–Kier alpha value is -2.23. The fourth-order valence-electron chi connectivity index (χ4n) is 2.70. The van der Waals surface area contributed by atoms with E-state index in [0.29, 0.717) is 32.5 Å². The maximum Gasteiger partial charge on any atom is 0.417 e. The first-order chi connectivity index (χ1) is 14.2. The van der Waals surface area contributed by atoms with Crippen LogP contribution in [0.2, 0.25) is 10.0 Å². The van der Waals surface area contributed by atoms with E-state index in [1.54, 1.807) is 22.8 Å². The van der Waals surface area contributed by atoms with E-state index in [1.165, 1.54) is 23.9 Å². The van der Waals surface area contributed by atoms with Crippen LogP contribution in [0.15, 0.2) is 47.6 Å². The molecular weight excluding hydrogens is 460 g/mol. The van der Waals surface area contributed by atoms with Gasteiger partial charge in [-0.3, -0.25) is 9.36 Å². The molecule has 3 aromatic rings. The van der Waals surface area contributed by atoms with Crippen molar-refractivity contribution in [1.29, 1.82) is 0 Å². The van der Waals surface area contributed by atoms with Crippen molar-refractivity contribution in [2.45, 2.75) is 24.8 Å². The van der Waals surface area contributed by atoms with Crippen LogP contribution in [0, 0.1) is 0 Å². The Morgan fingerprint density at radius 2 is 1.87 bits per heavy atom. The van der Waals surface area contributed by atoms with Gasteiger partial charge in [0.05, 0.1) is 33.4 Å². The molecule has 0 saturated carbocycles. The average Bonchev–Trinajstić information content (AvgIpc) is 3.10. The van der Waals surface area contributed by atoms with Crippen LogP contribution >= 0.6 is 35.0 Å². The number of carbonyl (C=O) groups excluding carboxylic acids is 1. The number of thioether (sulfide) groups is 1. The number of benzene rings is 2. The summed E-state index contributed by atoms with van der Waals surface area (Å²) in [6.45, 7) is 1.80. The number of amides is 1. The first-order valence-corrected chi connectivity index (χ1v) is 10.4. The van der Waals surface area contributed by atoms with Gasteiger partial charge >= 0.3 is 6.18 Å². The third-order valence-corrected chi connectivity index (χ3v) is 5.57. The van der Waals surface area contributed by atoms with E-state index >= 15 is 0 Å². The molecule has 0 radical (unpaired) electrons. The van der Waals surface area contributed by atoms with E-state index in [0.717, 1.165) is 12.1 Å². The number of halogens is 5. The Bertz CT molecular complexity index is 1070. The number of hydrogen-bond donors (Lipinski definition) is 1. The van der Waals surface area contributed by atoms with Crippen molar-refractivity contribution >= 4 is 40.9 Å². The average molecular weight is 475 g/mol. The Morgan fingerprint density at radius 1 is 1.13 bits per heavy atom. The summed E-state index contributed by atoms with van der Waals surface area (Å²) in [6, 6.07) is 9.54. The number of nitrogens with zero attached hydrogens (tertiary/aromatic N) is 3. The Morgan fingerprint density at radius 3 is 2.53 bits per heavy atom. The molecule has 158 valence electrons. The fraction of sp³-hybridized carbons (Fsp3) is 0.211. The van der Waals surface area contributed by atoms with Crippen molar-refractivity contribution in [3.05, 3.63) is 69.5 Å². The Labute approximate surface area is 184 Å². The van der Waals surface area contributed by atoms with Crippen molar-refractivity contribution in [1.82, 2.24) is 20.1 Å². The topological polar surface area (TPSA) is 59.8 Å². The van der Waals surface area contributed by atoms with Crippen molar-refractivity contribution in [2.24, 2.45) is 0 Å². The molecule has 2 aromatic carbocycles. The predicted molar refractivity (Wildman–Crippen MR) is 110 cm³/mol. The third kappa shape index (κ3) is 4.91. The largest absolute Gasteiger partial charge is 0.417 e. The highest BCUT2D eigenvalue weighted by atomic mass is 35.5. The third-order valence-electron chi connectivity index (χ3n) is 4.02. The van der Waals surface area contributed by atoms with Gasteiger partial charge in [0.25, 0.3) is 5.91 Å². The molecule has 0 aliphatic heterocycles. The van der Waals surface area contributed by atoms with Crippen molar-refractivity contribution < 1.29 is 18.0 Å². The quantitative estimate of drug-likeness (QED) is 0.470. The molecule has 0 fully saturated rings. The van der Waals surface area contributed by atoms with Gasteiger partial charge in [-0.25, -0.2) is 0 Å². The lowest BCUT2D eigenvalue weighted by Gasteiger charge is -2.14. The van der Waals surface area contributed by atoms with Crippen LogP contribution in [0.3, 0.4) is 0 Å². The summed E-state index contributed by atoms with van der Waals surface area (Å²) < 4.78 is 41.2. The highest BCUT2D eigenvalue weighted by molar-refractivity contribution is 7.99. The highest BCUT2D eigenvalue weighted by Crippen LogP contribution is 2.32. The minimum Gasteiger partial charge on any atom is -0.345 e. The summed E-state index contributed by atoms with van der Waals surface area (Å²) in [4.78, 5) is 12.5. The van der Waals surface area contributed by atoms with Gasteiger partial charge < -0.3 is 5.32 Å². The van der Waals surface area contributed by atoms with E-state index in [9.17, 15) is 18.0 Å². The van der Waals surface area contributed by atoms with Crippen LogP contribution in [0.5, 0.6) is 0 Å². The molecule has 30 heavy (non-hydrogen) atoms. The second-order valence-electron chi connectivity index (χ2n) is 5.99. The Kier molecular flexibility index (Phi) is 6.95. The summed E-state index contributed by atoms with van der Waals surface area (Å²) in [7, 11) is 0. The summed E-state index contributed by atoms with van der Waals surface area (Å²) in [5, 5.41) is 11.9. The molecule has 0 spiro atoms. The van der Waals surface area contributed by atoms with E-state index in [2.05, 4.69) is 15.5 Å². The molecule has 1 aromatic heterocycles. The summed E-state index contributed by atoms with van der Waals surface area (Å²) in [6.07, 6.45) is -4.64. The number of alkyl halides is 3. The first kappa shape index (κ1) is 22.5. The number of aromatic nitrogens is 3. The van der Waals surface area contributed by atoms with E-state index < -0.39 is 23.2 Å². The van der Waals surface area contributed by atoms with Crippen LogP contribution < -0.4 is 5.32 Å². The zero-order valence-electron chi connectivity index (χ0n) is 15.5. The van der Waals surface area contributed by atoms with E-state index in [4.69, 9.17) is 23.2 Å². The molecule has 1 amide bonds. The molecule has 11 heteroatoms. The van der Waals surface area contributed by atoms with Gasteiger partial charge in [0.2, 0.25) is 0 Å². The maximum absolute atomic E-state index is 13.2. The van der Waals surface area contributed by atoms with Gasteiger partial charge in [0.1, 0.15) is 0 Å². The van der Waals surface area contributed by atoms with Crippen molar-refractivity contribution in [3.8, 4) is 5.69 Å². The van der Waals surface area contributed by atoms with Gasteiger partial charge in [-0.05, 0) is 36.1 Å². The van der Waals surface area contributed by atoms with Crippen LogP contribution in [-0.4, -0.2) is 26.4 Å². The fourth-order valence-corrected chi connectivity index (χ4v) is 3.69. The van der Waals surface area contributed by atoms with Gasteiger partial charge in [0.15, 0.2) is 11.0 Å². The monoisotopic (exact) mass is 474 g/mol. The lowest BCUT2D eigenvalue weighted by atomic mass is 10.1. The van der Waals surface area contributed by atoms with Crippen LogP contribution in [0.25, 0.3) is 5.69 Å². The molecule has 0 unspecified atom stereocenters. The second-order valence-corrected chi connectivity index (χ2v) is 8.04. The number of hydrogen-bond acceptors (Lipinski definition) is 4. The lowest BCUT2D eigenvalue weighted by molar-refractivity contribution is -0.137. The smallest absolute Gasteiger partial charge is 0.345 e. The zero-order chi connectivity index (χ0) is 21.9. The number of rotatable bonds is 6. The lowest BCUT2D eigenvalue weighted by Crippen LogP contribution is -2.27. The summed E-state index contributed by atoms with van der Waals surface area (Å²) >= 11 is 13.5. The minimum atomic E-state index is -4.64. The normalized spacial score (nSPS) is 11.5. The van der Waals surface area contributed by atoms with Gasteiger partial charge in [-0.15, -0.1) is 10.2 Å². The highest BCUT2D eigenvalue weighted by Gasteiger charge is 2.34. The molecule has 0 aliphatic carbocycles. The maximum atomic E-state index is 13.2.